The second kappa shape index (κ2) is 5.64. The first-order valence-electron chi connectivity index (χ1n) is 5.76. The van der Waals surface area contributed by atoms with Crippen LogP contribution >= 0.6 is 11.3 Å². The summed E-state index contributed by atoms with van der Waals surface area (Å²) in [7, 11) is 0. The van der Waals surface area contributed by atoms with Gasteiger partial charge in [0.25, 0.3) is 0 Å². The largest absolute Gasteiger partial charge is 0.399 e. The Morgan fingerprint density at radius 2 is 2.24 bits per heavy atom. The molecule has 3 heteroatoms. The first-order valence-corrected chi connectivity index (χ1v) is 6.64. The summed E-state index contributed by atoms with van der Waals surface area (Å²) in [6.07, 6.45) is 6.29. The molecule has 88 valence electrons. The first kappa shape index (κ1) is 11.9. The number of hydrogen-bond acceptors (Lipinski definition) is 3. The Bertz CT molecular complexity index is 514. The maximum absolute atomic E-state index is 5.72. The van der Waals surface area contributed by atoms with E-state index in [1.807, 2.05) is 36.4 Å². The van der Waals surface area contributed by atoms with Crippen LogP contribution < -0.4 is 5.73 Å². The average molecular weight is 244 g/mol. The standard InChI is InChI=1S/C14H16N2S/c1-2-4-13-10-17-14(16-13)8-7-11-5-3-6-12(15)9-11/h3,5-10H,2,4,15H2,1H3/b8-7+. The van der Waals surface area contributed by atoms with Crippen LogP contribution in [-0.2, 0) is 6.42 Å². The minimum atomic E-state index is 0.790. The summed E-state index contributed by atoms with van der Waals surface area (Å²) < 4.78 is 0. The molecule has 0 fully saturated rings. The lowest BCUT2D eigenvalue weighted by atomic mass is 10.2. The zero-order valence-electron chi connectivity index (χ0n) is 9.89. The number of aryl methyl sites for hydroxylation is 1. The summed E-state index contributed by atoms with van der Waals surface area (Å²) in [6.45, 7) is 2.17. The number of thiazole rings is 1. The fourth-order valence-corrected chi connectivity index (χ4v) is 2.34. The van der Waals surface area contributed by atoms with Crippen molar-refractivity contribution in [2.45, 2.75) is 19.8 Å². The number of hydrogen-bond donors (Lipinski definition) is 1. The number of nitrogens with zero attached hydrogens (tertiary/aromatic N) is 1. The molecule has 0 radical (unpaired) electrons. The van der Waals surface area contributed by atoms with Crippen molar-refractivity contribution in [3.63, 3.8) is 0 Å². The fourth-order valence-electron chi connectivity index (χ4n) is 1.60. The third kappa shape index (κ3) is 3.43. The van der Waals surface area contributed by atoms with Gasteiger partial charge in [0.15, 0.2) is 0 Å². The summed E-state index contributed by atoms with van der Waals surface area (Å²) in [4.78, 5) is 4.54. The molecule has 0 amide bonds. The summed E-state index contributed by atoms with van der Waals surface area (Å²) in [6, 6.07) is 7.84. The van der Waals surface area contributed by atoms with E-state index in [9.17, 15) is 0 Å². The molecule has 0 saturated carbocycles. The molecule has 1 aromatic carbocycles. The number of aromatic nitrogens is 1. The van der Waals surface area contributed by atoms with Crippen LogP contribution in [0.25, 0.3) is 12.2 Å². The monoisotopic (exact) mass is 244 g/mol. The van der Waals surface area contributed by atoms with Crippen LogP contribution in [0.4, 0.5) is 5.69 Å². The van der Waals surface area contributed by atoms with Crippen molar-refractivity contribution in [3.8, 4) is 0 Å². The van der Waals surface area contributed by atoms with Gasteiger partial charge in [0.05, 0.1) is 5.69 Å². The van der Waals surface area contributed by atoms with Gasteiger partial charge in [-0.3, -0.25) is 0 Å². The van der Waals surface area contributed by atoms with Crippen molar-refractivity contribution in [2.24, 2.45) is 0 Å². The highest BCUT2D eigenvalue weighted by atomic mass is 32.1. The van der Waals surface area contributed by atoms with Crippen LogP contribution in [0.15, 0.2) is 29.6 Å². The minimum absolute atomic E-state index is 0.790. The second-order valence-corrected chi connectivity index (χ2v) is 4.82. The molecule has 0 bridgehead atoms. The van der Waals surface area contributed by atoms with Gasteiger partial charge < -0.3 is 5.73 Å². The molecule has 1 aromatic heterocycles. The minimum Gasteiger partial charge on any atom is -0.399 e. The molecule has 0 unspecified atom stereocenters. The highest BCUT2D eigenvalue weighted by molar-refractivity contribution is 7.10. The van der Waals surface area contributed by atoms with E-state index in [1.165, 1.54) is 5.69 Å². The third-order valence-corrected chi connectivity index (χ3v) is 3.26. The quantitative estimate of drug-likeness (QED) is 0.830. The van der Waals surface area contributed by atoms with Crippen molar-refractivity contribution >= 4 is 29.2 Å². The maximum Gasteiger partial charge on any atom is 0.116 e. The van der Waals surface area contributed by atoms with Gasteiger partial charge in [-0.15, -0.1) is 11.3 Å². The predicted molar refractivity (Wildman–Crippen MR) is 75.9 cm³/mol. The Kier molecular flexibility index (Phi) is 3.94. The summed E-state index contributed by atoms with van der Waals surface area (Å²) in [5.74, 6) is 0. The Balaban J connectivity index is 2.09. The number of rotatable bonds is 4. The van der Waals surface area contributed by atoms with E-state index >= 15 is 0 Å². The second-order valence-electron chi connectivity index (χ2n) is 3.93. The molecule has 0 aliphatic rings. The van der Waals surface area contributed by atoms with Crippen molar-refractivity contribution in [1.29, 1.82) is 0 Å². The Morgan fingerprint density at radius 3 is 3.00 bits per heavy atom. The van der Waals surface area contributed by atoms with Crippen molar-refractivity contribution < 1.29 is 0 Å². The van der Waals surface area contributed by atoms with Crippen LogP contribution in [0.3, 0.4) is 0 Å². The van der Waals surface area contributed by atoms with Crippen LogP contribution in [0.2, 0.25) is 0 Å². The topological polar surface area (TPSA) is 38.9 Å². The molecule has 0 spiro atoms. The zero-order valence-corrected chi connectivity index (χ0v) is 10.7. The number of anilines is 1. The predicted octanol–water partition coefficient (Wildman–Crippen LogP) is 3.85. The molecule has 0 atom stereocenters. The highest BCUT2D eigenvalue weighted by Gasteiger charge is 1.97. The zero-order chi connectivity index (χ0) is 12.1. The van der Waals surface area contributed by atoms with E-state index in [2.05, 4.69) is 17.3 Å². The molecule has 2 rings (SSSR count). The van der Waals surface area contributed by atoms with E-state index in [0.717, 1.165) is 29.1 Å². The van der Waals surface area contributed by atoms with Gasteiger partial charge in [0.1, 0.15) is 5.01 Å². The highest BCUT2D eigenvalue weighted by Crippen LogP contribution is 2.15. The van der Waals surface area contributed by atoms with E-state index in [4.69, 9.17) is 5.73 Å². The van der Waals surface area contributed by atoms with Gasteiger partial charge in [0.2, 0.25) is 0 Å². The number of benzene rings is 1. The van der Waals surface area contributed by atoms with Gasteiger partial charge in [-0.2, -0.15) is 0 Å². The molecular formula is C14H16N2S. The SMILES string of the molecule is CCCc1csc(/C=C/c2cccc(N)c2)n1. The van der Waals surface area contributed by atoms with E-state index in [-0.39, 0.29) is 0 Å². The van der Waals surface area contributed by atoms with Crippen LogP contribution in [0, 0.1) is 0 Å². The third-order valence-electron chi connectivity index (χ3n) is 2.40. The van der Waals surface area contributed by atoms with Crippen LogP contribution in [-0.4, -0.2) is 4.98 Å². The normalized spacial score (nSPS) is 11.1. The number of nitrogen functional groups attached to an aromatic ring is 1. The first-order chi connectivity index (χ1) is 8.28. The van der Waals surface area contributed by atoms with E-state index in [1.54, 1.807) is 11.3 Å². The molecule has 1 heterocycles. The van der Waals surface area contributed by atoms with Crippen LogP contribution in [0.1, 0.15) is 29.6 Å². The fraction of sp³-hybridized carbons (Fsp3) is 0.214. The lowest BCUT2D eigenvalue weighted by Crippen LogP contribution is -1.84. The average Bonchev–Trinajstić information content (AvgIpc) is 2.75. The Hall–Kier alpha value is -1.61. The summed E-state index contributed by atoms with van der Waals surface area (Å²) >= 11 is 1.68. The van der Waals surface area contributed by atoms with Crippen LogP contribution in [0.5, 0.6) is 0 Å². The van der Waals surface area contributed by atoms with E-state index in [0.29, 0.717) is 0 Å². The molecule has 0 aliphatic carbocycles. The molecule has 2 nitrogen and oxygen atoms in total. The van der Waals surface area contributed by atoms with Gasteiger partial charge in [-0.05, 0) is 30.2 Å². The van der Waals surface area contributed by atoms with Gasteiger partial charge in [-0.1, -0.05) is 31.6 Å². The van der Waals surface area contributed by atoms with Crippen molar-refractivity contribution in [2.75, 3.05) is 5.73 Å². The summed E-state index contributed by atoms with van der Waals surface area (Å²) in [5, 5.41) is 3.18. The lowest BCUT2D eigenvalue weighted by molar-refractivity contribution is 0.891. The molecule has 2 aromatic rings. The molecule has 0 saturated heterocycles. The van der Waals surface area contributed by atoms with E-state index < -0.39 is 0 Å². The van der Waals surface area contributed by atoms with Gasteiger partial charge in [-0.25, -0.2) is 4.98 Å². The Morgan fingerprint density at radius 1 is 1.35 bits per heavy atom. The van der Waals surface area contributed by atoms with Gasteiger partial charge in [0, 0.05) is 11.1 Å². The van der Waals surface area contributed by atoms with Crippen molar-refractivity contribution in [3.05, 3.63) is 45.9 Å². The molecule has 17 heavy (non-hydrogen) atoms. The lowest BCUT2D eigenvalue weighted by Gasteiger charge is -1.94. The van der Waals surface area contributed by atoms with Gasteiger partial charge >= 0.3 is 0 Å². The Labute approximate surface area is 106 Å². The molecule has 2 N–H and O–H groups in total. The van der Waals surface area contributed by atoms with Crippen molar-refractivity contribution in [1.82, 2.24) is 4.98 Å². The molecule has 0 aliphatic heterocycles. The molecular weight excluding hydrogens is 228 g/mol. The smallest absolute Gasteiger partial charge is 0.116 e. The maximum atomic E-state index is 5.72. The number of nitrogens with two attached hydrogens (primary N) is 1. The summed E-state index contributed by atoms with van der Waals surface area (Å²) in [5.41, 5.74) is 8.81.